The molecular weight excluding hydrogens is 981 g/mol. The van der Waals surface area contributed by atoms with Crippen molar-refractivity contribution in [3.8, 4) is 0 Å². The molecule has 4 aliphatic heterocycles. The Bertz CT molecular complexity index is 2480. The molecule has 2 N–H and O–H groups in total. The lowest BCUT2D eigenvalue weighted by molar-refractivity contribution is -0.143. The minimum Gasteiger partial charge on any atom is -0.381 e. The molecule has 14 nitrogen and oxygen atoms in total. The summed E-state index contributed by atoms with van der Waals surface area (Å²) in [6, 6.07) is 30.1. The van der Waals surface area contributed by atoms with E-state index >= 15 is 9.59 Å². The summed E-state index contributed by atoms with van der Waals surface area (Å²) < 4.78 is 11.4. The Balaban J connectivity index is 1.03. The summed E-state index contributed by atoms with van der Waals surface area (Å²) in [5.74, 6) is -0.829. The summed E-state index contributed by atoms with van der Waals surface area (Å²) in [5, 5.41) is 7.88. The number of ketones is 1. The van der Waals surface area contributed by atoms with Crippen LogP contribution in [0.2, 0.25) is 0 Å². The number of nitrogens with one attached hydrogen (secondary N) is 2. The molecule has 14 heteroatoms. The summed E-state index contributed by atoms with van der Waals surface area (Å²) in [7, 11) is 1.77. The number of hydrogen-bond donors (Lipinski definition) is 2. The van der Waals surface area contributed by atoms with Crippen LogP contribution in [0.25, 0.3) is 10.8 Å². The van der Waals surface area contributed by atoms with Crippen molar-refractivity contribution in [2.24, 2.45) is 35.5 Å². The van der Waals surface area contributed by atoms with Gasteiger partial charge in [0, 0.05) is 95.1 Å². The molecule has 4 heterocycles. The van der Waals surface area contributed by atoms with Gasteiger partial charge in [-0.15, -0.1) is 0 Å². The van der Waals surface area contributed by atoms with Crippen LogP contribution in [0.1, 0.15) is 118 Å². The van der Waals surface area contributed by atoms with Crippen LogP contribution in [0.4, 0.5) is 0 Å². The van der Waals surface area contributed by atoms with Crippen LogP contribution in [0.5, 0.6) is 0 Å². The van der Waals surface area contributed by atoms with Crippen molar-refractivity contribution < 1.29 is 38.2 Å². The molecule has 0 saturated carbocycles. The second kappa shape index (κ2) is 27.8. The third-order valence-corrected chi connectivity index (χ3v) is 17.9. The topological polar surface area (TPSA) is 158 Å². The highest BCUT2D eigenvalue weighted by Crippen LogP contribution is 2.35. The van der Waals surface area contributed by atoms with Crippen LogP contribution < -0.4 is 10.6 Å². The lowest BCUT2D eigenvalue weighted by Gasteiger charge is -2.37. The lowest BCUT2D eigenvalue weighted by Crippen LogP contribution is -2.57. The summed E-state index contributed by atoms with van der Waals surface area (Å²) in [5.41, 5.74) is 3.26. The molecule has 78 heavy (non-hydrogen) atoms. The van der Waals surface area contributed by atoms with Gasteiger partial charge in [0.15, 0.2) is 0 Å². The van der Waals surface area contributed by atoms with Gasteiger partial charge in [0.05, 0.1) is 18.1 Å². The first-order valence-electron chi connectivity index (χ1n) is 29.2. The Morgan fingerprint density at radius 3 is 1.54 bits per heavy atom. The molecule has 0 spiro atoms. The molecule has 4 aromatic rings. The largest absolute Gasteiger partial charge is 0.381 e. The van der Waals surface area contributed by atoms with E-state index in [1.165, 1.54) is 0 Å². The summed E-state index contributed by atoms with van der Waals surface area (Å²) in [4.78, 5) is 94.2. The lowest BCUT2D eigenvalue weighted by atomic mass is 9.80. The van der Waals surface area contributed by atoms with Crippen molar-refractivity contribution in [2.45, 2.75) is 123 Å². The van der Waals surface area contributed by atoms with Gasteiger partial charge in [-0.1, -0.05) is 100 Å². The fourth-order valence-corrected chi connectivity index (χ4v) is 12.2. The molecule has 4 saturated heterocycles. The molecule has 0 aromatic heterocycles. The second-order valence-electron chi connectivity index (χ2n) is 23.0. The van der Waals surface area contributed by atoms with Crippen molar-refractivity contribution in [3.05, 3.63) is 119 Å². The number of carbonyl (C=O) groups is 6. The minimum absolute atomic E-state index is 0.00308. The molecule has 5 amide bonds. The number of benzene rings is 4. The maximum Gasteiger partial charge on any atom is 0.253 e. The molecule has 0 aliphatic carbocycles. The van der Waals surface area contributed by atoms with E-state index in [-0.39, 0.29) is 89.5 Å². The highest BCUT2D eigenvalue weighted by Gasteiger charge is 2.44. The number of carbonyl (C=O) groups excluding carboxylic acids is 6. The van der Waals surface area contributed by atoms with Crippen LogP contribution in [0, 0.1) is 35.5 Å². The van der Waals surface area contributed by atoms with Crippen molar-refractivity contribution in [2.75, 3.05) is 72.7 Å². The van der Waals surface area contributed by atoms with Gasteiger partial charge in [0.25, 0.3) is 11.8 Å². The highest BCUT2D eigenvalue weighted by molar-refractivity contribution is 6.02. The van der Waals surface area contributed by atoms with Crippen LogP contribution in [0.15, 0.2) is 97.1 Å². The smallest absolute Gasteiger partial charge is 0.253 e. The average molecular weight is 1070 g/mol. The van der Waals surface area contributed by atoms with Gasteiger partial charge in [0.2, 0.25) is 17.7 Å². The monoisotopic (exact) mass is 1070 g/mol. The molecule has 8 atom stereocenters. The van der Waals surface area contributed by atoms with E-state index in [1.807, 2.05) is 113 Å². The van der Waals surface area contributed by atoms with Gasteiger partial charge < -0.3 is 39.7 Å². The standard InChI is InChI=1S/C64H86N6O8/c1-7-43(2)60(72)66-59(50-28-36-78-37-29-50)64(76)70-33-23-45(4)57(70)42-68(31-25-48-16-12-9-13-17-48)62(74)54-21-19-51-38-53(20-18-52(51)39-54)61(73)67(30-24-47-14-10-8-11-15-47)41-56-44(3)22-32-69(56)63(75)55(40-58(71)46(5)65-6)49-26-34-77-35-27-49/h8-21,38-39,43-46,49-50,55-57,59,65H,7,22-37,40-42H2,1-6H3,(H,66,72)/t43-,44+,45+,46+,55+,56-,57-,59+/m1/s1. The maximum atomic E-state index is 15.0. The van der Waals surface area contributed by atoms with E-state index < -0.39 is 12.0 Å². The zero-order valence-electron chi connectivity index (χ0n) is 47.2. The Hall–Kier alpha value is -5.96. The van der Waals surface area contributed by atoms with E-state index in [2.05, 4.69) is 48.7 Å². The Morgan fingerprint density at radius 2 is 1.08 bits per heavy atom. The van der Waals surface area contributed by atoms with Crippen LogP contribution in [-0.4, -0.2) is 152 Å². The normalized spacial score (nSPS) is 21.7. The van der Waals surface area contributed by atoms with Gasteiger partial charge in [0.1, 0.15) is 11.8 Å². The molecule has 4 fully saturated rings. The zero-order valence-corrected chi connectivity index (χ0v) is 47.2. The Labute approximate surface area is 463 Å². The summed E-state index contributed by atoms with van der Waals surface area (Å²) >= 11 is 0. The number of likely N-dealkylation sites (N-methyl/N-ethyl adjacent to an activating group) is 1. The second-order valence-corrected chi connectivity index (χ2v) is 23.0. The van der Waals surface area contributed by atoms with E-state index in [0.717, 1.165) is 47.6 Å². The van der Waals surface area contributed by atoms with Crippen LogP contribution in [-0.2, 0) is 41.5 Å². The number of likely N-dealkylation sites (tertiary alicyclic amines) is 2. The quantitative estimate of drug-likeness (QED) is 0.0747. The first kappa shape index (κ1) is 58.2. The minimum atomic E-state index is -0.662. The first-order chi connectivity index (χ1) is 37.7. The predicted molar refractivity (Wildman–Crippen MR) is 305 cm³/mol. The Morgan fingerprint density at radius 1 is 0.615 bits per heavy atom. The zero-order chi connectivity index (χ0) is 55.3. The number of ether oxygens (including phenoxy) is 2. The fourth-order valence-electron chi connectivity index (χ4n) is 12.2. The number of nitrogens with zero attached hydrogens (tertiary/aromatic N) is 4. The van der Waals surface area contributed by atoms with Crippen LogP contribution >= 0.6 is 0 Å². The van der Waals surface area contributed by atoms with Crippen molar-refractivity contribution in [1.82, 2.24) is 30.2 Å². The number of amides is 5. The molecular formula is C64H86N6O8. The summed E-state index contributed by atoms with van der Waals surface area (Å²) in [6.07, 6.45) is 6.58. The van der Waals surface area contributed by atoms with E-state index in [1.54, 1.807) is 7.05 Å². The third kappa shape index (κ3) is 14.4. The molecule has 4 aliphatic rings. The maximum absolute atomic E-state index is 15.0. The van der Waals surface area contributed by atoms with Crippen LogP contribution in [0.3, 0.4) is 0 Å². The van der Waals surface area contributed by atoms with Gasteiger partial charge in [-0.05, 0) is 142 Å². The van der Waals surface area contributed by atoms with Gasteiger partial charge in [-0.2, -0.15) is 0 Å². The van der Waals surface area contributed by atoms with E-state index in [9.17, 15) is 19.2 Å². The average Bonchev–Trinajstić information content (AvgIpc) is 4.06. The molecule has 8 rings (SSSR count). The van der Waals surface area contributed by atoms with Gasteiger partial charge in [-0.3, -0.25) is 28.8 Å². The fraction of sp³-hybridized carbons (Fsp3) is 0.562. The van der Waals surface area contributed by atoms with E-state index in [0.29, 0.717) is 109 Å². The number of hydrogen-bond acceptors (Lipinski definition) is 9. The predicted octanol–water partition coefficient (Wildman–Crippen LogP) is 8.25. The highest BCUT2D eigenvalue weighted by atomic mass is 16.5. The van der Waals surface area contributed by atoms with Crippen molar-refractivity contribution in [1.29, 1.82) is 0 Å². The molecule has 0 bridgehead atoms. The van der Waals surface area contributed by atoms with Crippen molar-refractivity contribution in [3.63, 3.8) is 0 Å². The Kier molecular flexibility index (Phi) is 20.7. The van der Waals surface area contributed by atoms with Gasteiger partial charge in [-0.25, -0.2) is 0 Å². The van der Waals surface area contributed by atoms with Crippen molar-refractivity contribution >= 4 is 46.1 Å². The molecule has 420 valence electrons. The van der Waals surface area contributed by atoms with Gasteiger partial charge >= 0.3 is 0 Å². The first-order valence-corrected chi connectivity index (χ1v) is 29.2. The number of fused-ring (bicyclic) bond motifs is 1. The summed E-state index contributed by atoms with van der Waals surface area (Å²) in [6.45, 7) is 15.0. The number of rotatable bonds is 23. The third-order valence-electron chi connectivity index (χ3n) is 17.9. The SMILES string of the molecule is CC[C@@H](C)C(=O)N[C@H](C(=O)N1CC[C@H](C)[C@H]1CN(CCc1ccccc1)C(=O)c1ccc2cc(C(=O)N(CCc3ccccc3)C[C@@H]3[C@@H](C)CCN3C(=O)[C@@H](CC(=O)[C@H](C)NC)C3CCOCC3)ccc2c1)C1CCOCC1. The molecule has 0 radical (unpaired) electrons. The molecule has 0 unspecified atom stereocenters. The molecule has 4 aromatic carbocycles. The number of Topliss-reactive ketones (excluding diaryl/α,β-unsaturated/α-hetero) is 1. The van der Waals surface area contributed by atoms with E-state index in [4.69, 9.17) is 9.47 Å².